The highest BCUT2D eigenvalue weighted by molar-refractivity contribution is 7.89. The molecule has 21 heavy (non-hydrogen) atoms. The number of carboxylic acid groups (broad SMARTS) is 1. The lowest BCUT2D eigenvalue weighted by molar-refractivity contribution is -0.139. The summed E-state index contributed by atoms with van der Waals surface area (Å²) in [5.41, 5.74) is 0. The van der Waals surface area contributed by atoms with Crippen molar-refractivity contribution < 1.29 is 23.4 Å². The van der Waals surface area contributed by atoms with E-state index in [1.807, 2.05) is 12.1 Å². The molecule has 2 aromatic rings. The molecule has 0 saturated heterocycles. The quantitative estimate of drug-likeness (QED) is 0.737. The first-order valence-electron chi connectivity index (χ1n) is 6.29. The molecule has 0 aliphatic carbocycles. The number of nitrogens with one attached hydrogen (secondary N) is 1. The van der Waals surface area contributed by atoms with Crippen LogP contribution in [0.2, 0.25) is 0 Å². The summed E-state index contributed by atoms with van der Waals surface area (Å²) in [6, 6.07) is 10.5. The second-order valence-corrected chi connectivity index (χ2v) is 6.25. The third kappa shape index (κ3) is 3.57. The van der Waals surface area contributed by atoms with Gasteiger partial charge in [0.1, 0.15) is 6.04 Å². The Morgan fingerprint density at radius 1 is 1.14 bits per heavy atom. The average molecular weight is 309 g/mol. The molecule has 1 unspecified atom stereocenters. The third-order valence-electron chi connectivity index (χ3n) is 3.04. The average Bonchev–Trinajstić information content (AvgIpc) is 2.46. The van der Waals surface area contributed by atoms with Crippen LogP contribution < -0.4 is 4.72 Å². The highest BCUT2D eigenvalue weighted by Gasteiger charge is 2.24. The Hall–Kier alpha value is -1.96. The van der Waals surface area contributed by atoms with Gasteiger partial charge in [-0.2, -0.15) is 4.72 Å². The maximum absolute atomic E-state index is 12.2. The van der Waals surface area contributed by atoms with Crippen LogP contribution in [-0.4, -0.2) is 37.2 Å². The van der Waals surface area contributed by atoms with Crippen molar-refractivity contribution in [2.24, 2.45) is 0 Å². The lowest BCUT2D eigenvalue weighted by atomic mass is 10.1. The van der Waals surface area contributed by atoms with Gasteiger partial charge < -0.3 is 10.2 Å². The third-order valence-corrected chi connectivity index (χ3v) is 4.51. The summed E-state index contributed by atoms with van der Waals surface area (Å²) >= 11 is 0. The molecule has 0 bridgehead atoms. The van der Waals surface area contributed by atoms with E-state index in [1.54, 1.807) is 18.2 Å². The SMILES string of the molecule is O=C(O)C(CCO)NS(=O)(=O)c1ccc2ccccc2c1. The fourth-order valence-electron chi connectivity index (χ4n) is 1.95. The van der Waals surface area contributed by atoms with E-state index in [9.17, 15) is 13.2 Å². The van der Waals surface area contributed by atoms with Gasteiger partial charge in [-0.3, -0.25) is 4.79 Å². The number of aliphatic hydroxyl groups excluding tert-OH is 1. The van der Waals surface area contributed by atoms with Crippen LogP contribution in [-0.2, 0) is 14.8 Å². The Balaban J connectivity index is 2.34. The molecule has 0 fully saturated rings. The zero-order chi connectivity index (χ0) is 15.5. The Morgan fingerprint density at radius 2 is 1.81 bits per heavy atom. The molecule has 0 spiro atoms. The molecule has 0 saturated carbocycles. The van der Waals surface area contributed by atoms with Crippen LogP contribution in [0.3, 0.4) is 0 Å². The van der Waals surface area contributed by atoms with Crippen LogP contribution in [0.5, 0.6) is 0 Å². The van der Waals surface area contributed by atoms with Gasteiger partial charge in [0.15, 0.2) is 0 Å². The molecular formula is C14H15NO5S. The molecule has 0 aromatic heterocycles. The second kappa shape index (κ2) is 6.21. The summed E-state index contributed by atoms with van der Waals surface area (Å²) in [7, 11) is -3.96. The van der Waals surface area contributed by atoms with Crippen molar-refractivity contribution in [1.29, 1.82) is 0 Å². The molecule has 2 aromatic carbocycles. The van der Waals surface area contributed by atoms with E-state index in [0.29, 0.717) is 0 Å². The Bertz CT molecular complexity index is 757. The Labute approximate surface area is 122 Å². The van der Waals surface area contributed by atoms with Gasteiger partial charge in [-0.05, 0) is 29.3 Å². The lowest BCUT2D eigenvalue weighted by Crippen LogP contribution is -2.41. The van der Waals surface area contributed by atoms with Crippen LogP contribution in [0, 0.1) is 0 Å². The molecule has 112 valence electrons. The van der Waals surface area contributed by atoms with E-state index in [0.717, 1.165) is 10.8 Å². The molecule has 7 heteroatoms. The van der Waals surface area contributed by atoms with Crippen molar-refractivity contribution in [3.8, 4) is 0 Å². The zero-order valence-corrected chi connectivity index (χ0v) is 11.9. The highest BCUT2D eigenvalue weighted by Crippen LogP contribution is 2.19. The van der Waals surface area contributed by atoms with E-state index < -0.39 is 28.6 Å². The largest absolute Gasteiger partial charge is 0.480 e. The fraction of sp³-hybridized carbons (Fsp3) is 0.214. The summed E-state index contributed by atoms with van der Waals surface area (Å²) < 4.78 is 26.5. The van der Waals surface area contributed by atoms with Crippen LogP contribution in [0.1, 0.15) is 6.42 Å². The Kier molecular flexibility index (Phi) is 4.56. The number of carboxylic acids is 1. The first-order chi connectivity index (χ1) is 9.94. The maximum Gasteiger partial charge on any atom is 0.321 e. The maximum atomic E-state index is 12.2. The minimum atomic E-state index is -3.96. The monoisotopic (exact) mass is 309 g/mol. The molecule has 1 atom stereocenters. The van der Waals surface area contributed by atoms with Crippen molar-refractivity contribution in [3.05, 3.63) is 42.5 Å². The molecule has 0 heterocycles. The topological polar surface area (TPSA) is 104 Å². The number of fused-ring (bicyclic) bond motifs is 1. The molecule has 0 aliphatic rings. The number of rotatable bonds is 6. The van der Waals surface area contributed by atoms with Crippen molar-refractivity contribution in [2.45, 2.75) is 17.4 Å². The standard InChI is InChI=1S/C14H15NO5S/c16-8-7-13(14(17)18)15-21(19,20)12-6-5-10-3-1-2-4-11(10)9-12/h1-6,9,13,15-16H,7-8H2,(H,17,18). The second-order valence-electron chi connectivity index (χ2n) is 4.53. The van der Waals surface area contributed by atoms with Crippen LogP contribution in [0.25, 0.3) is 10.8 Å². The van der Waals surface area contributed by atoms with E-state index in [1.165, 1.54) is 12.1 Å². The van der Waals surface area contributed by atoms with Gasteiger partial charge in [-0.25, -0.2) is 8.42 Å². The van der Waals surface area contributed by atoms with Crippen molar-refractivity contribution >= 4 is 26.8 Å². The van der Waals surface area contributed by atoms with Gasteiger partial charge in [0.25, 0.3) is 0 Å². The van der Waals surface area contributed by atoms with E-state index in [2.05, 4.69) is 4.72 Å². The molecule has 0 aliphatic heterocycles. The van der Waals surface area contributed by atoms with Crippen molar-refractivity contribution in [3.63, 3.8) is 0 Å². The predicted molar refractivity (Wildman–Crippen MR) is 77.4 cm³/mol. The number of hydrogen-bond donors (Lipinski definition) is 3. The van der Waals surface area contributed by atoms with E-state index in [4.69, 9.17) is 10.2 Å². The summed E-state index contributed by atoms with van der Waals surface area (Å²) in [6.07, 6.45) is -0.192. The number of aliphatic hydroxyl groups is 1. The summed E-state index contributed by atoms with van der Waals surface area (Å²) in [5, 5.41) is 19.4. The van der Waals surface area contributed by atoms with E-state index in [-0.39, 0.29) is 11.3 Å². The number of carbonyl (C=O) groups is 1. The van der Waals surface area contributed by atoms with Gasteiger partial charge in [-0.1, -0.05) is 30.3 Å². The fourth-order valence-corrected chi connectivity index (χ4v) is 3.21. The van der Waals surface area contributed by atoms with Crippen LogP contribution >= 0.6 is 0 Å². The van der Waals surface area contributed by atoms with Gasteiger partial charge in [0.05, 0.1) is 4.90 Å². The smallest absolute Gasteiger partial charge is 0.321 e. The molecule has 2 rings (SSSR count). The van der Waals surface area contributed by atoms with Gasteiger partial charge in [0, 0.05) is 6.61 Å². The molecule has 3 N–H and O–H groups in total. The molecule has 0 amide bonds. The minimum Gasteiger partial charge on any atom is -0.480 e. The first-order valence-corrected chi connectivity index (χ1v) is 7.77. The molecule has 0 radical (unpaired) electrons. The van der Waals surface area contributed by atoms with Crippen molar-refractivity contribution in [1.82, 2.24) is 4.72 Å². The summed E-state index contributed by atoms with van der Waals surface area (Å²) in [5.74, 6) is -1.33. The highest BCUT2D eigenvalue weighted by atomic mass is 32.2. The van der Waals surface area contributed by atoms with Crippen LogP contribution in [0.15, 0.2) is 47.4 Å². The number of hydrogen-bond acceptors (Lipinski definition) is 4. The van der Waals surface area contributed by atoms with E-state index >= 15 is 0 Å². The van der Waals surface area contributed by atoms with Gasteiger partial charge in [-0.15, -0.1) is 0 Å². The van der Waals surface area contributed by atoms with Crippen LogP contribution in [0.4, 0.5) is 0 Å². The normalized spacial score (nSPS) is 13.2. The minimum absolute atomic E-state index is 0.00890. The molecule has 6 nitrogen and oxygen atoms in total. The van der Waals surface area contributed by atoms with Gasteiger partial charge >= 0.3 is 5.97 Å². The van der Waals surface area contributed by atoms with Crippen molar-refractivity contribution in [2.75, 3.05) is 6.61 Å². The Morgan fingerprint density at radius 3 is 2.43 bits per heavy atom. The first kappa shape index (κ1) is 15.4. The number of sulfonamides is 1. The number of benzene rings is 2. The molecular weight excluding hydrogens is 294 g/mol. The van der Waals surface area contributed by atoms with Gasteiger partial charge in [0.2, 0.25) is 10.0 Å². The number of aliphatic carboxylic acids is 1. The lowest BCUT2D eigenvalue weighted by Gasteiger charge is -2.14. The summed E-state index contributed by atoms with van der Waals surface area (Å²) in [6.45, 7) is -0.419. The zero-order valence-electron chi connectivity index (χ0n) is 11.1. The summed E-state index contributed by atoms with van der Waals surface area (Å²) in [4.78, 5) is 11.0. The predicted octanol–water partition coefficient (Wildman–Crippen LogP) is 0.954.